The largest absolute Gasteiger partial charge is 0.467 e. The third-order valence-corrected chi connectivity index (χ3v) is 3.68. The number of nitrogens with one attached hydrogen (secondary N) is 1. The number of halogens is 1. The molecular formula is C19H20FNO3. The van der Waals surface area contributed by atoms with Gasteiger partial charge < -0.3 is 10.1 Å². The van der Waals surface area contributed by atoms with Crippen LogP contribution in [0.3, 0.4) is 0 Å². The third kappa shape index (κ3) is 5.19. The molecule has 2 aromatic rings. The van der Waals surface area contributed by atoms with Crippen LogP contribution in [0.4, 0.5) is 4.39 Å². The fourth-order valence-corrected chi connectivity index (χ4v) is 2.42. The molecule has 0 bridgehead atoms. The maximum Gasteiger partial charge on any atom is 0.328 e. The van der Waals surface area contributed by atoms with Gasteiger partial charge in [-0.15, -0.1) is 0 Å². The van der Waals surface area contributed by atoms with E-state index in [1.807, 2.05) is 30.3 Å². The van der Waals surface area contributed by atoms with Crippen LogP contribution in [0.5, 0.6) is 0 Å². The average Bonchev–Trinajstić information content (AvgIpc) is 2.61. The predicted octanol–water partition coefficient (Wildman–Crippen LogP) is 3.12. The van der Waals surface area contributed by atoms with Crippen molar-refractivity contribution in [2.75, 3.05) is 7.11 Å². The first-order valence-electron chi connectivity index (χ1n) is 7.78. The van der Waals surface area contributed by atoms with Crippen LogP contribution >= 0.6 is 0 Å². The zero-order valence-electron chi connectivity index (χ0n) is 13.5. The Labute approximate surface area is 140 Å². The SMILES string of the molecule is COC(=O)[C@H](CCCc1ccccc1)NC(=O)c1cccc(F)c1. The molecule has 0 saturated heterocycles. The molecule has 0 spiro atoms. The molecular weight excluding hydrogens is 309 g/mol. The van der Waals surface area contributed by atoms with Gasteiger partial charge in [0.05, 0.1) is 7.11 Å². The number of amides is 1. The zero-order valence-corrected chi connectivity index (χ0v) is 13.5. The zero-order chi connectivity index (χ0) is 17.4. The van der Waals surface area contributed by atoms with Gasteiger partial charge in [0.15, 0.2) is 0 Å². The number of carbonyl (C=O) groups excluding carboxylic acids is 2. The van der Waals surface area contributed by atoms with Crippen LogP contribution in [0.25, 0.3) is 0 Å². The summed E-state index contributed by atoms with van der Waals surface area (Å²) < 4.78 is 18.0. The van der Waals surface area contributed by atoms with Gasteiger partial charge in [0.2, 0.25) is 0 Å². The topological polar surface area (TPSA) is 55.4 Å². The Hall–Kier alpha value is -2.69. The molecule has 0 aromatic heterocycles. The molecule has 1 amide bonds. The molecule has 4 nitrogen and oxygen atoms in total. The Balaban J connectivity index is 1.95. The molecule has 0 fully saturated rings. The molecule has 0 unspecified atom stereocenters. The standard InChI is InChI=1S/C19H20FNO3/c1-24-19(23)17(12-5-9-14-7-3-2-4-8-14)21-18(22)15-10-6-11-16(20)13-15/h2-4,6-8,10-11,13,17H,5,9,12H2,1H3,(H,21,22)/t17-/m0/s1. The molecule has 24 heavy (non-hydrogen) atoms. The predicted molar refractivity (Wildman–Crippen MR) is 89.1 cm³/mol. The van der Waals surface area contributed by atoms with Gasteiger partial charge in [0.25, 0.3) is 5.91 Å². The lowest BCUT2D eigenvalue weighted by atomic mass is 10.0. The van der Waals surface area contributed by atoms with Crippen molar-refractivity contribution in [1.82, 2.24) is 5.32 Å². The van der Waals surface area contributed by atoms with E-state index >= 15 is 0 Å². The van der Waals surface area contributed by atoms with Crippen molar-refractivity contribution >= 4 is 11.9 Å². The number of methoxy groups -OCH3 is 1. The van der Waals surface area contributed by atoms with Crippen LogP contribution in [0, 0.1) is 5.82 Å². The first kappa shape index (κ1) is 17.7. The maximum atomic E-state index is 13.2. The van der Waals surface area contributed by atoms with E-state index in [1.54, 1.807) is 0 Å². The van der Waals surface area contributed by atoms with Gasteiger partial charge in [-0.2, -0.15) is 0 Å². The minimum Gasteiger partial charge on any atom is -0.467 e. The second-order valence-electron chi connectivity index (χ2n) is 5.44. The molecule has 1 atom stereocenters. The van der Waals surface area contributed by atoms with Crippen molar-refractivity contribution in [3.05, 3.63) is 71.5 Å². The molecule has 1 N–H and O–H groups in total. The number of esters is 1. The fraction of sp³-hybridized carbons (Fsp3) is 0.263. The summed E-state index contributed by atoms with van der Waals surface area (Å²) in [6, 6.07) is 14.5. The van der Waals surface area contributed by atoms with Crippen LogP contribution < -0.4 is 5.32 Å². The van der Waals surface area contributed by atoms with Crippen molar-refractivity contribution in [2.45, 2.75) is 25.3 Å². The van der Waals surface area contributed by atoms with Crippen LogP contribution in [-0.4, -0.2) is 25.0 Å². The lowest BCUT2D eigenvalue weighted by molar-refractivity contribution is -0.143. The highest BCUT2D eigenvalue weighted by atomic mass is 19.1. The maximum absolute atomic E-state index is 13.2. The first-order valence-corrected chi connectivity index (χ1v) is 7.78. The van der Waals surface area contributed by atoms with Gasteiger partial charge in [-0.1, -0.05) is 36.4 Å². The van der Waals surface area contributed by atoms with E-state index in [-0.39, 0.29) is 5.56 Å². The molecule has 0 heterocycles. The number of ether oxygens (including phenoxy) is 1. The molecule has 126 valence electrons. The molecule has 2 rings (SSSR count). The van der Waals surface area contributed by atoms with E-state index in [4.69, 9.17) is 4.74 Å². The summed E-state index contributed by atoms with van der Waals surface area (Å²) in [4.78, 5) is 24.1. The highest BCUT2D eigenvalue weighted by Crippen LogP contribution is 2.09. The summed E-state index contributed by atoms with van der Waals surface area (Å²) in [5.41, 5.74) is 1.34. The minimum absolute atomic E-state index is 0.173. The van der Waals surface area contributed by atoms with Crippen molar-refractivity contribution in [2.24, 2.45) is 0 Å². The monoisotopic (exact) mass is 329 g/mol. The number of benzene rings is 2. The Morgan fingerprint density at radius 1 is 1.12 bits per heavy atom. The molecule has 0 aliphatic carbocycles. The number of carbonyl (C=O) groups is 2. The van der Waals surface area contributed by atoms with E-state index < -0.39 is 23.7 Å². The van der Waals surface area contributed by atoms with Crippen molar-refractivity contribution in [3.63, 3.8) is 0 Å². The Kier molecular flexibility index (Phi) is 6.49. The normalized spacial score (nSPS) is 11.6. The van der Waals surface area contributed by atoms with E-state index in [1.165, 1.54) is 25.3 Å². The van der Waals surface area contributed by atoms with Crippen LogP contribution in [0.1, 0.15) is 28.8 Å². The van der Waals surface area contributed by atoms with E-state index in [0.29, 0.717) is 12.8 Å². The van der Waals surface area contributed by atoms with Crippen LogP contribution in [-0.2, 0) is 16.0 Å². The summed E-state index contributed by atoms with van der Waals surface area (Å²) in [5.74, 6) is -1.50. The lowest BCUT2D eigenvalue weighted by Crippen LogP contribution is -2.41. The molecule has 2 aromatic carbocycles. The van der Waals surface area contributed by atoms with E-state index in [9.17, 15) is 14.0 Å². The van der Waals surface area contributed by atoms with Crippen LogP contribution in [0.15, 0.2) is 54.6 Å². The summed E-state index contributed by atoms with van der Waals surface area (Å²) in [6.07, 6.45) is 1.96. The smallest absolute Gasteiger partial charge is 0.328 e. The molecule has 0 saturated carbocycles. The van der Waals surface area contributed by atoms with E-state index in [2.05, 4.69) is 5.32 Å². The first-order chi connectivity index (χ1) is 11.6. The number of hydrogen-bond acceptors (Lipinski definition) is 3. The highest BCUT2D eigenvalue weighted by Gasteiger charge is 2.21. The number of rotatable bonds is 7. The molecule has 0 radical (unpaired) electrons. The van der Waals surface area contributed by atoms with Gasteiger partial charge in [-0.25, -0.2) is 9.18 Å². The second kappa shape index (κ2) is 8.82. The second-order valence-corrected chi connectivity index (χ2v) is 5.44. The van der Waals surface area contributed by atoms with Crippen LogP contribution in [0.2, 0.25) is 0 Å². The minimum atomic E-state index is -0.755. The van der Waals surface area contributed by atoms with Gasteiger partial charge in [0, 0.05) is 5.56 Å². The highest BCUT2D eigenvalue weighted by molar-refractivity contribution is 5.96. The average molecular weight is 329 g/mol. The Bertz CT molecular complexity index is 688. The van der Waals surface area contributed by atoms with Gasteiger partial charge in [-0.05, 0) is 43.0 Å². The number of hydrogen-bond donors (Lipinski definition) is 1. The van der Waals surface area contributed by atoms with Gasteiger partial charge in [-0.3, -0.25) is 4.79 Å². The fourth-order valence-electron chi connectivity index (χ4n) is 2.42. The molecule has 0 aliphatic heterocycles. The van der Waals surface area contributed by atoms with Gasteiger partial charge in [0.1, 0.15) is 11.9 Å². The van der Waals surface area contributed by atoms with Crippen molar-refractivity contribution in [1.29, 1.82) is 0 Å². The third-order valence-electron chi connectivity index (χ3n) is 3.68. The molecule has 0 aliphatic rings. The summed E-state index contributed by atoms with van der Waals surface area (Å²) >= 11 is 0. The summed E-state index contributed by atoms with van der Waals surface area (Å²) in [7, 11) is 1.28. The van der Waals surface area contributed by atoms with Crippen molar-refractivity contribution in [3.8, 4) is 0 Å². The quantitative estimate of drug-likeness (QED) is 0.794. The summed E-state index contributed by atoms with van der Waals surface area (Å²) in [6.45, 7) is 0. The Morgan fingerprint density at radius 3 is 2.54 bits per heavy atom. The summed E-state index contributed by atoms with van der Waals surface area (Å²) in [5, 5.41) is 2.62. The van der Waals surface area contributed by atoms with Crippen molar-refractivity contribution < 1.29 is 18.7 Å². The Morgan fingerprint density at radius 2 is 1.88 bits per heavy atom. The molecule has 5 heteroatoms. The lowest BCUT2D eigenvalue weighted by Gasteiger charge is -2.16. The number of aryl methyl sites for hydroxylation is 1. The van der Waals surface area contributed by atoms with Gasteiger partial charge >= 0.3 is 5.97 Å². The van der Waals surface area contributed by atoms with E-state index in [0.717, 1.165) is 18.1 Å².